The van der Waals surface area contributed by atoms with Gasteiger partial charge in [-0.2, -0.15) is 4.98 Å². The Morgan fingerprint density at radius 2 is 2.07 bits per heavy atom. The molecule has 1 aliphatic rings. The average Bonchev–Trinajstić information content (AvgIpc) is 2.69. The highest BCUT2D eigenvalue weighted by atomic mass is 16.4. The molecular formula is C9H12N4O2. The fraction of sp³-hybridized carbons (Fsp3) is 0.444. The number of nitrogen functional groups attached to an aromatic ring is 1. The largest absolute Gasteiger partial charge is 0.477 e. The van der Waals surface area contributed by atoms with Crippen LogP contribution in [-0.2, 0) is 0 Å². The number of aromatic nitrogens is 2. The van der Waals surface area contributed by atoms with Crippen molar-refractivity contribution in [2.75, 3.05) is 23.7 Å². The molecule has 80 valence electrons. The molecule has 15 heavy (non-hydrogen) atoms. The van der Waals surface area contributed by atoms with E-state index in [2.05, 4.69) is 9.97 Å². The number of carboxylic acid groups (broad SMARTS) is 1. The molecule has 6 heteroatoms. The minimum absolute atomic E-state index is 0.0109. The standard InChI is InChI=1S/C9H12N4O2/c10-9-11-6(8(14)15)5-7(12-9)13-3-1-2-4-13/h5H,1-4H2,(H,14,15)(H2,10,11,12). The first-order valence-corrected chi connectivity index (χ1v) is 4.79. The predicted octanol–water partition coefficient (Wildman–Crippen LogP) is 0.357. The van der Waals surface area contributed by atoms with E-state index in [4.69, 9.17) is 10.8 Å². The Labute approximate surface area is 86.7 Å². The molecule has 1 saturated heterocycles. The van der Waals surface area contributed by atoms with E-state index >= 15 is 0 Å². The fourth-order valence-electron chi connectivity index (χ4n) is 1.67. The molecule has 0 unspecified atom stereocenters. The summed E-state index contributed by atoms with van der Waals surface area (Å²) in [5.41, 5.74) is 5.40. The van der Waals surface area contributed by atoms with Crippen LogP contribution in [0.1, 0.15) is 23.3 Å². The molecule has 1 aromatic heterocycles. The van der Waals surface area contributed by atoms with Crippen molar-refractivity contribution >= 4 is 17.7 Å². The Hall–Kier alpha value is -1.85. The lowest BCUT2D eigenvalue weighted by molar-refractivity contribution is 0.0690. The van der Waals surface area contributed by atoms with Crippen molar-refractivity contribution in [3.8, 4) is 0 Å². The summed E-state index contributed by atoms with van der Waals surface area (Å²) in [5.74, 6) is -0.459. The Balaban J connectivity index is 2.34. The van der Waals surface area contributed by atoms with Crippen LogP contribution in [0, 0.1) is 0 Å². The normalized spacial score (nSPS) is 15.6. The highest BCUT2D eigenvalue weighted by Crippen LogP contribution is 2.19. The maximum Gasteiger partial charge on any atom is 0.354 e. The minimum Gasteiger partial charge on any atom is -0.477 e. The first kappa shape index (κ1) is 9.70. The number of nitrogens with two attached hydrogens (primary N) is 1. The zero-order valence-electron chi connectivity index (χ0n) is 8.18. The molecule has 1 fully saturated rings. The minimum atomic E-state index is -1.08. The molecule has 0 radical (unpaired) electrons. The second kappa shape index (κ2) is 3.72. The van der Waals surface area contributed by atoms with Gasteiger partial charge in [0, 0.05) is 19.2 Å². The lowest BCUT2D eigenvalue weighted by Crippen LogP contribution is -2.20. The summed E-state index contributed by atoms with van der Waals surface area (Å²) in [6.07, 6.45) is 2.21. The SMILES string of the molecule is Nc1nc(C(=O)O)cc(N2CCCC2)n1. The van der Waals surface area contributed by atoms with E-state index in [1.165, 1.54) is 6.07 Å². The molecule has 0 aromatic carbocycles. The van der Waals surface area contributed by atoms with E-state index in [0.717, 1.165) is 25.9 Å². The third-order valence-corrected chi connectivity index (χ3v) is 2.38. The van der Waals surface area contributed by atoms with Crippen LogP contribution in [0.3, 0.4) is 0 Å². The summed E-state index contributed by atoms with van der Waals surface area (Å²) in [4.78, 5) is 20.4. The van der Waals surface area contributed by atoms with Gasteiger partial charge in [0.15, 0.2) is 5.69 Å². The van der Waals surface area contributed by atoms with Crippen LogP contribution >= 0.6 is 0 Å². The zero-order chi connectivity index (χ0) is 10.8. The van der Waals surface area contributed by atoms with Gasteiger partial charge in [-0.3, -0.25) is 0 Å². The molecule has 0 spiro atoms. The number of nitrogens with zero attached hydrogens (tertiary/aromatic N) is 3. The van der Waals surface area contributed by atoms with Crippen LogP contribution in [-0.4, -0.2) is 34.1 Å². The van der Waals surface area contributed by atoms with Gasteiger partial charge in [0.1, 0.15) is 5.82 Å². The Morgan fingerprint density at radius 1 is 1.40 bits per heavy atom. The monoisotopic (exact) mass is 208 g/mol. The first-order chi connectivity index (χ1) is 7.16. The van der Waals surface area contributed by atoms with E-state index in [1.807, 2.05) is 4.90 Å². The summed E-state index contributed by atoms with van der Waals surface area (Å²) in [6.45, 7) is 1.80. The number of hydrogen-bond acceptors (Lipinski definition) is 5. The van der Waals surface area contributed by atoms with Gasteiger partial charge in [-0.05, 0) is 12.8 Å². The molecule has 2 heterocycles. The molecule has 3 N–H and O–H groups in total. The van der Waals surface area contributed by atoms with Crippen molar-refractivity contribution in [3.05, 3.63) is 11.8 Å². The summed E-state index contributed by atoms with van der Waals surface area (Å²) in [6, 6.07) is 1.46. The van der Waals surface area contributed by atoms with Crippen molar-refractivity contribution in [1.29, 1.82) is 0 Å². The lowest BCUT2D eigenvalue weighted by Gasteiger charge is -2.16. The van der Waals surface area contributed by atoms with Gasteiger partial charge in [-0.15, -0.1) is 0 Å². The van der Waals surface area contributed by atoms with Crippen LogP contribution in [0.15, 0.2) is 6.07 Å². The lowest BCUT2D eigenvalue weighted by atomic mass is 10.4. The Morgan fingerprint density at radius 3 is 2.67 bits per heavy atom. The topological polar surface area (TPSA) is 92.3 Å². The molecule has 2 rings (SSSR count). The molecule has 0 aliphatic carbocycles. The van der Waals surface area contributed by atoms with Gasteiger partial charge >= 0.3 is 5.97 Å². The Bertz CT molecular complexity index is 388. The summed E-state index contributed by atoms with van der Waals surface area (Å²) in [5, 5.41) is 8.81. The average molecular weight is 208 g/mol. The number of carbonyl (C=O) groups is 1. The molecule has 1 aliphatic heterocycles. The first-order valence-electron chi connectivity index (χ1n) is 4.79. The molecule has 0 bridgehead atoms. The van der Waals surface area contributed by atoms with E-state index in [1.54, 1.807) is 0 Å². The summed E-state index contributed by atoms with van der Waals surface area (Å²) >= 11 is 0. The third-order valence-electron chi connectivity index (χ3n) is 2.38. The van der Waals surface area contributed by atoms with Gasteiger partial charge in [-0.1, -0.05) is 0 Å². The van der Waals surface area contributed by atoms with Crippen LogP contribution in [0.2, 0.25) is 0 Å². The maximum atomic E-state index is 10.8. The second-order valence-corrected chi connectivity index (χ2v) is 3.47. The quantitative estimate of drug-likeness (QED) is 0.728. The second-order valence-electron chi connectivity index (χ2n) is 3.47. The van der Waals surface area contributed by atoms with Crippen molar-refractivity contribution < 1.29 is 9.90 Å². The molecule has 0 saturated carbocycles. The molecule has 1 aromatic rings. The van der Waals surface area contributed by atoms with Crippen LogP contribution < -0.4 is 10.6 Å². The molecule has 6 nitrogen and oxygen atoms in total. The van der Waals surface area contributed by atoms with Crippen LogP contribution in [0.25, 0.3) is 0 Å². The van der Waals surface area contributed by atoms with Crippen molar-refractivity contribution in [2.45, 2.75) is 12.8 Å². The number of anilines is 2. The van der Waals surface area contributed by atoms with Gasteiger partial charge < -0.3 is 15.7 Å². The van der Waals surface area contributed by atoms with Gasteiger partial charge in [0.2, 0.25) is 5.95 Å². The molecular weight excluding hydrogens is 196 g/mol. The summed E-state index contributed by atoms with van der Waals surface area (Å²) in [7, 11) is 0. The highest BCUT2D eigenvalue weighted by Gasteiger charge is 2.17. The van der Waals surface area contributed by atoms with E-state index in [9.17, 15) is 4.79 Å². The smallest absolute Gasteiger partial charge is 0.354 e. The molecule has 0 amide bonds. The van der Waals surface area contributed by atoms with E-state index < -0.39 is 5.97 Å². The van der Waals surface area contributed by atoms with E-state index in [-0.39, 0.29) is 11.6 Å². The van der Waals surface area contributed by atoms with Crippen LogP contribution in [0.5, 0.6) is 0 Å². The number of rotatable bonds is 2. The van der Waals surface area contributed by atoms with Crippen molar-refractivity contribution in [2.24, 2.45) is 0 Å². The van der Waals surface area contributed by atoms with Crippen molar-refractivity contribution in [1.82, 2.24) is 9.97 Å². The van der Waals surface area contributed by atoms with E-state index in [0.29, 0.717) is 5.82 Å². The predicted molar refractivity (Wildman–Crippen MR) is 54.9 cm³/mol. The zero-order valence-corrected chi connectivity index (χ0v) is 8.18. The highest BCUT2D eigenvalue weighted by molar-refractivity contribution is 5.86. The number of hydrogen-bond donors (Lipinski definition) is 2. The Kier molecular flexibility index (Phi) is 2.40. The van der Waals surface area contributed by atoms with Gasteiger partial charge in [-0.25, -0.2) is 9.78 Å². The van der Waals surface area contributed by atoms with Gasteiger partial charge in [0.25, 0.3) is 0 Å². The molecule has 0 atom stereocenters. The van der Waals surface area contributed by atoms with Crippen molar-refractivity contribution in [3.63, 3.8) is 0 Å². The number of aromatic carboxylic acids is 1. The van der Waals surface area contributed by atoms with Gasteiger partial charge in [0.05, 0.1) is 0 Å². The fourth-order valence-corrected chi connectivity index (χ4v) is 1.67. The summed E-state index contributed by atoms with van der Waals surface area (Å²) < 4.78 is 0. The number of carboxylic acids is 1. The third kappa shape index (κ3) is 1.98. The van der Waals surface area contributed by atoms with Crippen LogP contribution in [0.4, 0.5) is 11.8 Å². The maximum absolute atomic E-state index is 10.8.